The molecule has 0 rings (SSSR count). The number of rotatable bonds is 7. The Kier molecular flexibility index (Phi) is 7.41. The average molecular weight is 304 g/mol. The van der Waals surface area contributed by atoms with Gasteiger partial charge in [-0.2, -0.15) is 11.8 Å². The Bertz CT molecular complexity index is 338. The quantitative estimate of drug-likeness (QED) is 0.676. The molecule has 6 heteroatoms. The fraction of sp³-hybridized carbons (Fsp3) is 0.857. The highest BCUT2D eigenvalue weighted by Gasteiger charge is 2.28. The van der Waals surface area contributed by atoms with E-state index in [1.165, 1.54) is 0 Å². The van der Waals surface area contributed by atoms with Crippen molar-refractivity contribution in [1.29, 1.82) is 0 Å². The van der Waals surface area contributed by atoms with Crippen LogP contribution < -0.4 is 10.6 Å². The molecule has 0 saturated carbocycles. The van der Waals surface area contributed by atoms with Crippen molar-refractivity contribution in [2.24, 2.45) is 5.41 Å². The number of carboxylic acid groups (broad SMARTS) is 1. The highest BCUT2D eigenvalue weighted by atomic mass is 32.2. The third-order valence-corrected chi connectivity index (χ3v) is 3.28. The Labute approximate surface area is 126 Å². The van der Waals surface area contributed by atoms with Gasteiger partial charge in [0.15, 0.2) is 0 Å². The first kappa shape index (κ1) is 19.1. The first-order chi connectivity index (χ1) is 8.97. The predicted molar refractivity (Wildman–Crippen MR) is 84.2 cm³/mol. The van der Waals surface area contributed by atoms with E-state index in [-0.39, 0.29) is 11.0 Å². The summed E-state index contributed by atoms with van der Waals surface area (Å²) in [7, 11) is 0. The summed E-state index contributed by atoms with van der Waals surface area (Å²) in [6.07, 6.45) is 3.13. The SMILES string of the molecule is CSCC[C@H](NC(=O)NC(C)(C)CC(C)(C)C)C(=O)O. The number of carboxylic acids is 1. The number of carbonyl (C=O) groups excluding carboxylic acids is 1. The second kappa shape index (κ2) is 7.76. The molecule has 0 fully saturated rings. The smallest absolute Gasteiger partial charge is 0.326 e. The second-order valence-electron chi connectivity index (χ2n) is 6.89. The molecule has 3 N–H and O–H groups in total. The van der Waals surface area contributed by atoms with Gasteiger partial charge in [-0.1, -0.05) is 20.8 Å². The van der Waals surface area contributed by atoms with E-state index < -0.39 is 18.0 Å². The molecule has 0 aromatic rings. The van der Waals surface area contributed by atoms with E-state index in [0.717, 1.165) is 6.42 Å². The van der Waals surface area contributed by atoms with Crippen molar-refractivity contribution >= 4 is 23.8 Å². The van der Waals surface area contributed by atoms with Crippen LogP contribution in [0.15, 0.2) is 0 Å². The van der Waals surface area contributed by atoms with Gasteiger partial charge in [0, 0.05) is 5.54 Å². The minimum Gasteiger partial charge on any atom is -0.480 e. The number of nitrogens with one attached hydrogen (secondary N) is 2. The molecule has 1 atom stereocenters. The van der Waals surface area contributed by atoms with Gasteiger partial charge in [-0.3, -0.25) is 0 Å². The summed E-state index contributed by atoms with van der Waals surface area (Å²) in [5, 5.41) is 14.5. The van der Waals surface area contributed by atoms with E-state index in [4.69, 9.17) is 5.11 Å². The Balaban J connectivity index is 4.48. The fourth-order valence-electron chi connectivity index (χ4n) is 2.36. The summed E-state index contributed by atoms with van der Waals surface area (Å²) >= 11 is 1.56. The van der Waals surface area contributed by atoms with E-state index in [9.17, 15) is 9.59 Å². The van der Waals surface area contributed by atoms with Gasteiger partial charge in [-0.25, -0.2) is 9.59 Å². The molecule has 0 bridgehead atoms. The Hall–Kier alpha value is -0.910. The number of urea groups is 1. The van der Waals surface area contributed by atoms with E-state index in [2.05, 4.69) is 31.4 Å². The van der Waals surface area contributed by atoms with Gasteiger partial charge in [0.2, 0.25) is 0 Å². The van der Waals surface area contributed by atoms with Gasteiger partial charge >= 0.3 is 12.0 Å². The van der Waals surface area contributed by atoms with Crippen molar-refractivity contribution in [3.05, 3.63) is 0 Å². The zero-order valence-electron chi connectivity index (χ0n) is 13.4. The molecular formula is C14H28N2O3S. The summed E-state index contributed by atoms with van der Waals surface area (Å²) in [6, 6.07) is -1.26. The summed E-state index contributed by atoms with van der Waals surface area (Å²) in [5.41, 5.74) is -0.299. The van der Waals surface area contributed by atoms with Gasteiger partial charge in [0.05, 0.1) is 0 Å². The highest BCUT2D eigenvalue weighted by molar-refractivity contribution is 7.98. The van der Waals surface area contributed by atoms with E-state index in [1.807, 2.05) is 20.1 Å². The predicted octanol–water partition coefficient (Wildman–Crippen LogP) is 2.71. The third-order valence-electron chi connectivity index (χ3n) is 2.64. The Morgan fingerprint density at radius 3 is 2.15 bits per heavy atom. The third kappa shape index (κ3) is 9.07. The van der Waals surface area contributed by atoms with Crippen LogP contribution in [0.25, 0.3) is 0 Å². The number of carbonyl (C=O) groups is 2. The molecule has 0 spiro atoms. The minimum absolute atomic E-state index is 0.0851. The zero-order valence-corrected chi connectivity index (χ0v) is 14.2. The molecule has 0 saturated heterocycles. The zero-order chi connectivity index (χ0) is 16.0. The molecule has 0 heterocycles. The molecular weight excluding hydrogens is 276 g/mol. The largest absolute Gasteiger partial charge is 0.480 e. The van der Waals surface area contributed by atoms with Crippen LogP contribution in [-0.2, 0) is 4.79 Å². The maximum atomic E-state index is 11.9. The van der Waals surface area contributed by atoms with Crippen LogP contribution in [0.3, 0.4) is 0 Å². The molecule has 0 unspecified atom stereocenters. The number of aliphatic carboxylic acids is 1. The van der Waals surface area contributed by atoms with Gasteiger partial charge in [0.25, 0.3) is 0 Å². The number of hydrogen-bond acceptors (Lipinski definition) is 3. The summed E-state index contributed by atoms with van der Waals surface area (Å²) in [4.78, 5) is 23.0. The van der Waals surface area contributed by atoms with Crippen LogP contribution in [0.2, 0.25) is 0 Å². The van der Waals surface area contributed by atoms with Crippen molar-refractivity contribution in [2.75, 3.05) is 12.0 Å². The van der Waals surface area contributed by atoms with Crippen LogP contribution in [0.5, 0.6) is 0 Å². The molecule has 0 aromatic heterocycles. The lowest BCUT2D eigenvalue weighted by Gasteiger charge is -2.33. The molecule has 0 aliphatic rings. The van der Waals surface area contributed by atoms with Crippen molar-refractivity contribution in [3.8, 4) is 0 Å². The average Bonchev–Trinajstić information content (AvgIpc) is 2.18. The minimum atomic E-state index is -0.997. The highest BCUT2D eigenvalue weighted by Crippen LogP contribution is 2.26. The lowest BCUT2D eigenvalue weighted by atomic mass is 9.82. The van der Waals surface area contributed by atoms with Crippen LogP contribution in [0, 0.1) is 5.41 Å². The number of hydrogen-bond donors (Lipinski definition) is 3. The van der Waals surface area contributed by atoms with Crippen molar-refractivity contribution in [2.45, 2.75) is 59.0 Å². The molecule has 0 radical (unpaired) electrons. The second-order valence-corrected chi connectivity index (χ2v) is 7.88. The number of amides is 2. The van der Waals surface area contributed by atoms with E-state index in [0.29, 0.717) is 12.2 Å². The lowest BCUT2D eigenvalue weighted by molar-refractivity contribution is -0.139. The molecule has 5 nitrogen and oxygen atoms in total. The van der Waals surface area contributed by atoms with E-state index >= 15 is 0 Å². The standard InChI is InChI=1S/C14H28N2O3S/c1-13(2,3)9-14(4,5)16-12(19)15-10(11(17)18)7-8-20-6/h10H,7-9H2,1-6H3,(H,17,18)(H2,15,16,19)/t10-/m0/s1. The first-order valence-electron chi connectivity index (χ1n) is 6.77. The fourth-order valence-corrected chi connectivity index (χ4v) is 2.84. The monoisotopic (exact) mass is 304 g/mol. The first-order valence-corrected chi connectivity index (χ1v) is 8.17. The van der Waals surface area contributed by atoms with Crippen LogP contribution in [-0.4, -0.2) is 40.7 Å². The normalized spacial score (nSPS) is 13.7. The lowest BCUT2D eigenvalue weighted by Crippen LogP contribution is -2.53. The topological polar surface area (TPSA) is 78.4 Å². The Morgan fingerprint density at radius 1 is 1.20 bits per heavy atom. The number of thioether (sulfide) groups is 1. The molecule has 2 amide bonds. The van der Waals surface area contributed by atoms with Crippen molar-refractivity contribution in [1.82, 2.24) is 10.6 Å². The van der Waals surface area contributed by atoms with Gasteiger partial charge in [-0.15, -0.1) is 0 Å². The maximum Gasteiger partial charge on any atom is 0.326 e. The van der Waals surface area contributed by atoms with Crippen LogP contribution >= 0.6 is 11.8 Å². The van der Waals surface area contributed by atoms with E-state index in [1.54, 1.807) is 11.8 Å². The van der Waals surface area contributed by atoms with Gasteiger partial charge < -0.3 is 15.7 Å². The molecule has 118 valence electrons. The molecule has 20 heavy (non-hydrogen) atoms. The maximum absolute atomic E-state index is 11.9. The Morgan fingerprint density at radius 2 is 1.75 bits per heavy atom. The summed E-state index contributed by atoms with van der Waals surface area (Å²) < 4.78 is 0. The van der Waals surface area contributed by atoms with Gasteiger partial charge in [-0.05, 0) is 44.1 Å². The van der Waals surface area contributed by atoms with Crippen LogP contribution in [0.1, 0.15) is 47.5 Å². The van der Waals surface area contributed by atoms with Crippen LogP contribution in [0.4, 0.5) is 4.79 Å². The summed E-state index contributed by atoms with van der Waals surface area (Å²) in [6.45, 7) is 10.2. The molecule has 0 aromatic carbocycles. The van der Waals surface area contributed by atoms with Crippen molar-refractivity contribution < 1.29 is 14.7 Å². The summed E-state index contributed by atoms with van der Waals surface area (Å²) in [5.74, 6) is -0.300. The van der Waals surface area contributed by atoms with Gasteiger partial charge in [0.1, 0.15) is 6.04 Å². The molecule has 0 aliphatic heterocycles. The van der Waals surface area contributed by atoms with Crippen molar-refractivity contribution in [3.63, 3.8) is 0 Å². The molecule has 0 aliphatic carbocycles.